The lowest BCUT2D eigenvalue weighted by molar-refractivity contribution is 0.171. The van der Waals surface area contributed by atoms with E-state index in [1.165, 1.54) is 0 Å². The van der Waals surface area contributed by atoms with Crippen molar-refractivity contribution in [3.05, 3.63) is 0 Å². The Bertz CT molecular complexity index is 254. The molecule has 1 fully saturated rings. The van der Waals surface area contributed by atoms with E-state index in [0.717, 1.165) is 19.1 Å². The van der Waals surface area contributed by atoms with Crippen molar-refractivity contribution in [2.75, 3.05) is 6.26 Å². The van der Waals surface area contributed by atoms with Crippen LogP contribution < -0.4 is 5.73 Å². The highest BCUT2D eigenvalue weighted by atomic mass is 32.2. The van der Waals surface area contributed by atoms with E-state index >= 15 is 0 Å². The fourth-order valence-electron chi connectivity index (χ4n) is 1.37. The van der Waals surface area contributed by atoms with E-state index < -0.39 is 15.7 Å². The Balaban J connectivity index is 2.51. The van der Waals surface area contributed by atoms with Crippen LogP contribution >= 0.6 is 0 Å². The summed E-state index contributed by atoms with van der Waals surface area (Å²) in [5.41, 5.74) is 5.11. The normalized spacial score (nSPS) is 23.6. The zero-order chi connectivity index (χ0) is 9.41. The Morgan fingerprint density at radius 3 is 2.33 bits per heavy atom. The molecular formula is C7H15NO3S. The molecule has 0 aromatic rings. The summed E-state index contributed by atoms with van der Waals surface area (Å²) >= 11 is 0. The lowest BCUT2D eigenvalue weighted by atomic mass is 10.1. The molecule has 1 atom stereocenters. The van der Waals surface area contributed by atoms with Gasteiger partial charge in [0.05, 0.1) is 11.9 Å². The van der Waals surface area contributed by atoms with Crippen molar-refractivity contribution in [3.63, 3.8) is 0 Å². The van der Waals surface area contributed by atoms with Gasteiger partial charge in [0.15, 0.2) is 0 Å². The molecule has 0 aromatic heterocycles. The van der Waals surface area contributed by atoms with Crippen LogP contribution in [0.4, 0.5) is 0 Å². The molecule has 1 saturated carbocycles. The summed E-state index contributed by atoms with van der Waals surface area (Å²) in [4.78, 5) is 0. The predicted molar refractivity (Wildman–Crippen MR) is 46.2 cm³/mol. The Morgan fingerprint density at radius 1 is 1.58 bits per heavy atom. The SMILES string of the molecule is CC(N)CC1(OS(C)(=O)=O)CC1. The van der Waals surface area contributed by atoms with Gasteiger partial charge in [0.2, 0.25) is 0 Å². The zero-order valence-corrected chi connectivity index (χ0v) is 8.23. The first-order valence-corrected chi connectivity index (χ1v) is 5.81. The third-order valence-electron chi connectivity index (χ3n) is 1.83. The Kier molecular flexibility index (Phi) is 2.47. The van der Waals surface area contributed by atoms with Gasteiger partial charge in [-0.15, -0.1) is 0 Å². The lowest BCUT2D eigenvalue weighted by Gasteiger charge is -2.16. The van der Waals surface area contributed by atoms with Gasteiger partial charge in [0, 0.05) is 6.04 Å². The van der Waals surface area contributed by atoms with Gasteiger partial charge in [-0.2, -0.15) is 8.42 Å². The van der Waals surface area contributed by atoms with Gasteiger partial charge < -0.3 is 5.73 Å². The van der Waals surface area contributed by atoms with Crippen LogP contribution in [0.25, 0.3) is 0 Å². The molecule has 4 nitrogen and oxygen atoms in total. The molecule has 1 aliphatic rings. The van der Waals surface area contributed by atoms with Crippen molar-refractivity contribution in [1.82, 2.24) is 0 Å². The highest BCUT2D eigenvalue weighted by Gasteiger charge is 2.47. The molecular weight excluding hydrogens is 178 g/mol. The molecule has 0 aromatic carbocycles. The maximum Gasteiger partial charge on any atom is 0.264 e. The molecule has 1 rings (SSSR count). The first-order valence-electron chi connectivity index (χ1n) is 3.99. The van der Waals surface area contributed by atoms with Crippen LogP contribution in [0.3, 0.4) is 0 Å². The second kappa shape index (κ2) is 2.97. The van der Waals surface area contributed by atoms with Crippen LogP contribution in [-0.2, 0) is 14.3 Å². The molecule has 72 valence electrons. The highest BCUT2D eigenvalue weighted by Crippen LogP contribution is 2.44. The molecule has 2 N–H and O–H groups in total. The molecule has 12 heavy (non-hydrogen) atoms. The average molecular weight is 193 g/mol. The summed E-state index contributed by atoms with van der Waals surface area (Å²) in [5, 5.41) is 0. The van der Waals surface area contributed by atoms with Gasteiger partial charge in [-0.1, -0.05) is 0 Å². The fourth-order valence-corrected chi connectivity index (χ4v) is 2.25. The molecule has 0 amide bonds. The van der Waals surface area contributed by atoms with Crippen LogP contribution in [0.1, 0.15) is 26.2 Å². The van der Waals surface area contributed by atoms with Crippen molar-refractivity contribution in [2.24, 2.45) is 5.73 Å². The summed E-state index contributed by atoms with van der Waals surface area (Å²) < 4.78 is 26.5. The van der Waals surface area contributed by atoms with Gasteiger partial charge in [0.1, 0.15) is 0 Å². The number of rotatable bonds is 4. The van der Waals surface area contributed by atoms with Gasteiger partial charge >= 0.3 is 0 Å². The van der Waals surface area contributed by atoms with Crippen molar-refractivity contribution >= 4 is 10.1 Å². The average Bonchev–Trinajstić information content (AvgIpc) is 2.40. The maximum atomic E-state index is 10.8. The minimum Gasteiger partial charge on any atom is -0.328 e. The monoisotopic (exact) mass is 193 g/mol. The number of nitrogens with two attached hydrogens (primary N) is 1. The largest absolute Gasteiger partial charge is 0.328 e. The zero-order valence-electron chi connectivity index (χ0n) is 7.41. The van der Waals surface area contributed by atoms with E-state index in [2.05, 4.69) is 0 Å². The second-order valence-electron chi connectivity index (χ2n) is 3.65. The molecule has 0 saturated heterocycles. The summed E-state index contributed by atoms with van der Waals surface area (Å²) in [5.74, 6) is 0. The fraction of sp³-hybridized carbons (Fsp3) is 1.00. The van der Waals surface area contributed by atoms with Crippen LogP contribution in [0.5, 0.6) is 0 Å². The van der Waals surface area contributed by atoms with Crippen LogP contribution in [0, 0.1) is 0 Å². The van der Waals surface area contributed by atoms with E-state index in [1.54, 1.807) is 0 Å². The van der Waals surface area contributed by atoms with Crippen molar-refractivity contribution in [3.8, 4) is 0 Å². The molecule has 0 aliphatic heterocycles. The Labute approximate surface area is 73.2 Å². The lowest BCUT2D eigenvalue weighted by Crippen LogP contribution is -2.28. The van der Waals surface area contributed by atoms with Crippen molar-refractivity contribution in [1.29, 1.82) is 0 Å². The minimum atomic E-state index is -3.32. The quantitative estimate of drug-likeness (QED) is 0.649. The third-order valence-corrected chi connectivity index (χ3v) is 2.49. The van der Waals surface area contributed by atoms with E-state index in [1.807, 2.05) is 6.92 Å². The smallest absolute Gasteiger partial charge is 0.264 e. The van der Waals surface area contributed by atoms with Crippen LogP contribution in [0.2, 0.25) is 0 Å². The number of hydrogen-bond donors (Lipinski definition) is 1. The second-order valence-corrected chi connectivity index (χ2v) is 5.23. The first-order chi connectivity index (χ1) is 5.33. The molecule has 1 unspecified atom stereocenters. The van der Waals surface area contributed by atoms with E-state index in [9.17, 15) is 8.42 Å². The van der Waals surface area contributed by atoms with Gasteiger partial charge in [0.25, 0.3) is 10.1 Å². The van der Waals surface area contributed by atoms with E-state index in [4.69, 9.17) is 9.92 Å². The van der Waals surface area contributed by atoms with Crippen LogP contribution in [0.15, 0.2) is 0 Å². The summed E-state index contributed by atoms with van der Waals surface area (Å²) in [6.07, 6.45) is 3.32. The highest BCUT2D eigenvalue weighted by molar-refractivity contribution is 7.86. The van der Waals surface area contributed by atoms with Crippen molar-refractivity contribution < 1.29 is 12.6 Å². The molecule has 1 aliphatic carbocycles. The van der Waals surface area contributed by atoms with Gasteiger partial charge in [-0.05, 0) is 26.2 Å². The summed E-state index contributed by atoms with van der Waals surface area (Å²) in [7, 11) is -3.32. The van der Waals surface area contributed by atoms with Gasteiger partial charge in [-0.25, -0.2) is 0 Å². The molecule has 0 heterocycles. The summed E-state index contributed by atoms with van der Waals surface area (Å²) in [6.45, 7) is 1.85. The number of hydrogen-bond acceptors (Lipinski definition) is 4. The Hall–Kier alpha value is -0.130. The standard InChI is InChI=1S/C7H15NO3S/c1-6(8)5-7(3-4-7)11-12(2,9)10/h6H,3-5,8H2,1-2H3. The van der Waals surface area contributed by atoms with Crippen molar-refractivity contribution in [2.45, 2.75) is 37.8 Å². The Morgan fingerprint density at radius 2 is 2.08 bits per heavy atom. The predicted octanol–water partition coefficient (Wildman–Crippen LogP) is 0.233. The van der Waals surface area contributed by atoms with Gasteiger partial charge in [-0.3, -0.25) is 4.18 Å². The first kappa shape index (κ1) is 9.95. The molecule has 0 bridgehead atoms. The third kappa shape index (κ3) is 3.08. The van der Waals surface area contributed by atoms with E-state index in [-0.39, 0.29) is 6.04 Å². The summed E-state index contributed by atoms with van der Waals surface area (Å²) in [6, 6.07) is -0.00532. The molecule has 5 heteroatoms. The van der Waals surface area contributed by atoms with E-state index in [0.29, 0.717) is 6.42 Å². The minimum absolute atomic E-state index is 0.00532. The molecule has 0 radical (unpaired) electrons. The maximum absolute atomic E-state index is 10.8. The topological polar surface area (TPSA) is 69.4 Å². The molecule has 0 spiro atoms. The van der Waals surface area contributed by atoms with Crippen LogP contribution in [-0.4, -0.2) is 26.3 Å².